The number of likely N-dealkylation sites (tertiary alicyclic amines) is 1. The maximum absolute atomic E-state index is 12.0. The minimum absolute atomic E-state index is 0.417. The monoisotopic (exact) mass is 229 g/mol. The molecule has 1 aliphatic rings. The van der Waals surface area contributed by atoms with Gasteiger partial charge in [-0.3, -0.25) is 9.69 Å². The van der Waals surface area contributed by atoms with Crippen LogP contribution in [0.25, 0.3) is 0 Å². The van der Waals surface area contributed by atoms with E-state index in [1.807, 2.05) is 20.8 Å². The molecular weight excluding hydrogens is 202 g/mol. The molecule has 0 radical (unpaired) electrons. The summed E-state index contributed by atoms with van der Waals surface area (Å²) in [6.07, 6.45) is 1.72. The first kappa shape index (κ1) is 10.5. The fourth-order valence-corrected chi connectivity index (χ4v) is 1.79. The van der Waals surface area contributed by atoms with E-state index in [1.165, 1.54) is 0 Å². The average molecular weight is 229 g/mol. The van der Waals surface area contributed by atoms with Crippen LogP contribution in [0.2, 0.25) is 0 Å². The van der Waals surface area contributed by atoms with Crippen molar-refractivity contribution >= 4 is 5.91 Å². The van der Waals surface area contributed by atoms with Crippen LogP contribution in [0.1, 0.15) is 36.4 Å². The fraction of sp³-hybridized carbons (Fsp3) is 0.917. The summed E-state index contributed by atoms with van der Waals surface area (Å²) >= 11 is 0. The van der Waals surface area contributed by atoms with Crippen LogP contribution in [0, 0.1) is 5.92 Å². The molecule has 1 fully saturated rings. The van der Waals surface area contributed by atoms with Gasteiger partial charge in [-0.15, -0.1) is 0 Å². The molecule has 0 aromatic rings. The van der Waals surface area contributed by atoms with Crippen molar-refractivity contribution < 1.29 is 7.54 Å². The summed E-state index contributed by atoms with van der Waals surface area (Å²) < 4.78 is 16.0. The molecule has 1 aliphatic heterocycles. The lowest BCUT2D eigenvalue weighted by Gasteiger charge is -2.31. The third-order valence-electron chi connectivity index (χ3n) is 2.70. The maximum Gasteiger partial charge on any atom is 0.234 e. The number of hydrogen-bond acceptors (Lipinski definition) is 3. The molecule has 0 saturated carbocycles. The summed E-state index contributed by atoms with van der Waals surface area (Å²) in [5.41, 5.74) is 5.19. The Bertz CT molecular complexity index is 294. The van der Waals surface area contributed by atoms with Crippen LogP contribution in [0.4, 0.5) is 0 Å². The summed E-state index contributed by atoms with van der Waals surface area (Å²) in [6.45, 7) is 5.43. The van der Waals surface area contributed by atoms with E-state index in [0.29, 0.717) is 25.6 Å². The van der Waals surface area contributed by atoms with Gasteiger partial charge in [0.1, 0.15) is 0 Å². The van der Waals surface area contributed by atoms with Gasteiger partial charge in [-0.05, 0) is 59.2 Å². The van der Waals surface area contributed by atoms with Gasteiger partial charge in [-0.25, -0.2) is 0 Å². The number of carbonyl (C=O) groups excluding carboxylic acids is 1. The Kier molecular flexibility index (Phi) is 3.71. The summed E-state index contributed by atoms with van der Waals surface area (Å²) in [5, 5.41) is 2.70. The molecule has 1 rings (SSSR count). The Morgan fingerprint density at radius 1 is 1.50 bits per heavy atom. The van der Waals surface area contributed by atoms with Gasteiger partial charge in [0.05, 0.1) is 9.24 Å². The van der Waals surface area contributed by atoms with Gasteiger partial charge in [-0.1, -0.05) is 0 Å². The molecule has 94 valence electrons. The zero-order valence-corrected chi connectivity index (χ0v) is 10.5. The number of rotatable bonds is 3. The number of piperidine rings is 1. The Labute approximate surface area is 101 Å². The fourth-order valence-electron chi connectivity index (χ4n) is 1.79. The van der Waals surface area contributed by atoms with Gasteiger partial charge in [0.2, 0.25) is 5.91 Å². The molecule has 1 heterocycles. The summed E-state index contributed by atoms with van der Waals surface area (Å²) in [5.74, 6) is -0.0936. The SMILES string of the molecule is [2H]C([2H])(C(=O)NC(C)(C)C)N1CCC(CN)CC1. The van der Waals surface area contributed by atoms with Crippen molar-refractivity contribution in [2.75, 3.05) is 26.1 Å². The zero-order valence-electron chi connectivity index (χ0n) is 12.5. The van der Waals surface area contributed by atoms with Gasteiger partial charge in [0.25, 0.3) is 0 Å². The van der Waals surface area contributed by atoms with E-state index >= 15 is 0 Å². The number of amides is 1. The minimum atomic E-state index is -1.94. The number of hydrogen-bond donors (Lipinski definition) is 2. The highest BCUT2D eigenvalue weighted by Crippen LogP contribution is 2.15. The molecule has 1 saturated heterocycles. The van der Waals surface area contributed by atoms with Crippen molar-refractivity contribution in [3.63, 3.8) is 0 Å². The van der Waals surface area contributed by atoms with Crippen LogP contribution in [0.15, 0.2) is 0 Å². The summed E-state index contributed by atoms with van der Waals surface area (Å²) in [6, 6.07) is 0. The van der Waals surface area contributed by atoms with Crippen molar-refractivity contribution in [1.82, 2.24) is 10.2 Å². The number of nitrogens with one attached hydrogen (secondary N) is 1. The van der Waals surface area contributed by atoms with Crippen molar-refractivity contribution in [3.05, 3.63) is 0 Å². The third-order valence-corrected chi connectivity index (χ3v) is 2.70. The van der Waals surface area contributed by atoms with Crippen LogP contribution in [-0.2, 0) is 4.79 Å². The second-order valence-corrected chi connectivity index (χ2v) is 5.48. The Hall–Kier alpha value is -0.610. The van der Waals surface area contributed by atoms with E-state index in [1.54, 1.807) is 4.90 Å². The van der Waals surface area contributed by atoms with Gasteiger partial charge in [0.15, 0.2) is 0 Å². The molecule has 4 heteroatoms. The average Bonchev–Trinajstić information content (AvgIpc) is 2.27. The smallest absolute Gasteiger partial charge is 0.234 e. The molecule has 0 atom stereocenters. The van der Waals surface area contributed by atoms with Crippen molar-refractivity contribution in [2.45, 2.75) is 39.2 Å². The van der Waals surface area contributed by atoms with Crippen LogP contribution >= 0.6 is 0 Å². The third kappa shape index (κ3) is 4.94. The summed E-state index contributed by atoms with van der Waals surface area (Å²) in [4.78, 5) is 13.6. The number of nitrogens with two attached hydrogens (primary N) is 1. The van der Waals surface area contributed by atoms with E-state index in [2.05, 4.69) is 5.32 Å². The van der Waals surface area contributed by atoms with E-state index in [4.69, 9.17) is 8.48 Å². The lowest BCUT2D eigenvalue weighted by Crippen LogP contribution is -2.47. The lowest BCUT2D eigenvalue weighted by molar-refractivity contribution is -0.124. The topological polar surface area (TPSA) is 58.4 Å². The molecule has 0 bridgehead atoms. The molecule has 0 aromatic heterocycles. The molecule has 1 amide bonds. The van der Waals surface area contributed by atoms with E-state index in [0.717, 1.165) is 12.8 Å². The maximum atomic E-state index is 12.0. The second-order valence-electron chi connectivity index (χ2n) is 5.48. The molecule has 3 N–H and O–H groups in total. The van der Waals surface area contributed by atoms with E-state index < -0.39 is 17.9 Å². The predicted octanol–water partition coefficient (Wildman–Crippen LogP) is 0.572. The zero-order chi connectivity index (χ0) is 14.0. The molecule has 4 nitrogen and oxygen atoms in total. The predicted molar refractivity (Wildman–Crippen MR) is 66.1 cm³/mol. The van der Waals surface area contributed by atoms with Gasteiger partial charge < -0.3 is 11.1 Å². The Morgan fingerprint density at radius 3 is 2.50 bits per heavy atom. The van der Waals surface area contributed by atoms with Crippen molar-refractivity contribution in [3.8, 4) is 0 Å². The molecule has 0 spiro atoms. The standard InChI is InChI=1S/C12H25N3O/c1-12(2,3)14-11(16)9-15-6-4-10(8-13)5-7-15/h10H,4-9,13H2,1-3H3,(H,14,16)/i9D2. The highest BCUT2D eigenvalue weighted by Gasteiger charge is 2.21. The first-order valence-electron chi connectivity index (χ1n) is 6.94. The van der Waals surface area contributed by atoms with Gasteiger partial charge in [-0.2, -0.15) is 0 Å². The largest absolute Gasteiger partial charge is 0.350 e. The minimum Gasteiger partial charge on any atom is -0.350 e. The molecule has 16 heavy (non-hydrogen) atoms. The quantitative estimate of drug-likeness (QED) is 0.744. The van der Waals surface area contributed by atoms with Crippen LogP contribution < -0.4 is 11.1 Å². The van der Waals surface area contributed by atoms with Crippen molar-refractivity contribution in [1.29, 1.82) is 0 Å². The normalized spacial score (nSPS) is 22.5. The number of carbonyl (C=O) groups is 1. The first-order chi connectivity index (χ1) is 8.16. The van der Waals surface area contributed by atoms with Crippen molar-refractivity contribution in [2.24, 2.45) is 11.7 Å². The van der Waals surface area contributed by atoms with E-state index in [-0.39, 0.29) is 0 Å². The lowest BCUT2D eigenvalue weighted by atomic mass is 9.97. The molecule has 0 aliphatic carbocycles. The van der Waals surface area contributed by atoms with Gasteiger partial charge in [0, 0.05) is 5.54 Å². The summed E-state index contributed by atoms with van der Waals surface area (Å²) in [7, 11) is 0. The highest BCUT2D eigenvalue weighted by molar-refractivity contribution is 5.78. The molecule has 0 unspecified atom stereocenters. The molecular formula is C12H25N3O. The van der Waals surface area contributed by atoms with Crippen LogP contribution in [-0.4, -0.2) is 42.5 Å². The van der Waals surface area contributed by atoms with Gasteiger partial charge >= 0.3 is 0 Å². The number of nitrogens with zero attached hydrogens (tertiary/aromatic N) is 1. The first-order valence-corrected chi connectivity index (χ1v) is 5.94. The second kappa shape index (κ2) is 5.64. The van der Waals surface area contributed by atoms with Crippen LogP contribution in [0.5, 0.6) is 0 Å². The van der Waals surface area contributed by atoms with E-state index in [9.17, 15) is 4.79 Å². The van der Waals surface area contributed by atoms with Crippen LogP contribution in [0.3, 0.4) is 0 Å². The molecule has 0 aromatic carbocycles. The highest BCUT2D eigenvalue weighted by atomic mass is 16.2. The Morgan fingerprint density at radius 2 is 2.06 bits per heavy atom. The Balaban J connectivity index is 2.61.